The Morgan fingerprint density at radius 2 is 2.00 bits per heavy atom. The maximum absolute atomic E-state index is 9.67. The highest BCUT2D eigenvalue weighted by atomic mass is 16.3. The van der Waals surface area contributed by atoms with Gasteiger partial charge in [0, 0.05) is 11.6 Å². The Labute approximate surface area is 85.8 Å². The molecule has 0 aliphatic heterocycles. The first kappa shape index (κ1) is 11.1. The predicted octanol–water partition coefficient (Wildman–Crippen LogP) is 2.61. The fourth-order valence-electron chi connectivity index (χ4n) is 1.45. The molecule has 3 N–H and O–H groups in total. The van der Waals surface area contributed by atoms with Gasteiger partial charge in [-0.2, -0.15) is 0 Å². The summed E-state index contributed by atoms with van der Waals surface area (Å²) in [6.07, 6.45) is 0.970. The molecule has 1 aromatic rings. The van der Waals surface area contributed by atoms with Crippen LogP contribution in [0.4, 0.5) is 0 Å². The minimum atomic E-state index is -0.0819. The lowest BCUT2D eigenvalue weighted by Gasteiger charge is -2.18. The van der Waals surface area contributed by atoms with E-state index in [1.54, 1.807) is 6.07 Å². The van der Waals surface area contributed by atoms with Crippen molar-refractivity contribution in [1.82, 2.24) is 0 Å². The Bertz CT molecular complexity index is 307. The van der Waals surface area contributed by atoms with E-state index in [1.807, 2.05) is 12.1 Å². The van der Waals surface area contributed by atoms with Crippen molar-refractivity contribution in [3.8, 4) is 5.75 Å². The van der Waals surface area contributed by atoms with E-state index in [9.17, 15) is 5.11 Å². The van der Waals surface area contributed by atoms with Crippen molar-refractivity contribution in [2.45, 2.75) is 33.2 Å². The number of hydrogen-bond acceptors (Lipinski definition) is 2. The number of benzene rings is 1. The minimum absolute atomic E-state index is 0.0819. The number of phenols is 1. The van der Waals surface area contributed by atoms with Gasteiger partial charge in [0.05, 0.1) is 0 Å². The second-order valence-corrected chi connectivity index (χ2v) is 4.02. The Hall–Kier alpha value is -1.02. The predicted molar refractivity (Wildman–Crippen MR) is 59.3 cm³/mol. The molecule has 0 saturated carbocycles. The number of aryl methyl sites for hydroxylation is 1. The molecule has 1 unspecified atom stereocenters. The first-order valence-corrected chi connectivity index (χ1v) is 5.13. The van der Waals surface area contributed by atoms with E-state index in [-0.39, 0.29) is 6.04 Å². The van der Waals surface area contributed by atoms with Crippen molar-refractivity contribution < 1.29 is 5.11 Å². The van der Waals surface area contributed by atoms with Gasteiger partial charge in [-0.1, -0.05) is 32.9 Å². The summed E-state index contributed by atoms with van der Waals surface area (Å²) in [6.45, 7) is 6.21. The Balaban J connectivity index is 3.05. The highest BCUT2D eigenvalue weighted by molar-refractivity contribution is 5.38. The lowest BCUT2D eigenvalue weighted by Crippen LogP contribution is -2.17. The molecule has 0 aliphatic carbocycles. The van der Waals surface area contributed by atoms with Crippen LogP contribution >= 0.6 is 0 Å². The molecule has 1 rings (SSSR count). The van der Waals surface area contributed by atoms with Gasteiger partial charge in [-0.25, -0.2) is 0 Å². The standard InChI is InChI=1S/C12H19NO/c1-4-9-5-6-11(14)10(7-9)12(13)8(2)3/h5-8,12,14H,4,13H2,1-3H3. The van der Waals surface area contributed by atoms with Crippen LogP contribution in [0.5, 0.6) is 5.75 Å². The van der Waals surface area contributed by atoms with Crippen LogP contribution in [0.15, 0.2) is 18.2 Å². The average Bonchev–Trinajstić information content (AvgIpc) is 2.17. The summed E-state index contributed by atoms with van der Waals surface area (Å²) in [7, 11) is 0. The van der Waals surface area contributed by atoms with Gasteiger partial charge < -0.3 is 10.8 Å². The van der Waals surface area contributed by atoms with Crippen molar-refractivity contribution in [3.63, 3.8) is 0 Å². The van der Waals surface area contributed by atoms with Crippen molar-refractivity contribution >= 4 is 0 Å². The fraction of sp³-hybridized carbons (Fsp3) is 0.500. The largest absolute Gasteiger partial charge is 0.508 e. The van der Waals surface area contributed by atoms with E-state index in [4.69, 9.17) is 5.73 Å². The van der Waals surface area contributed by atoms with Crippen LogP contribution in [0.3, 0.4) is 0 Å². The summed E-state index contributed by atoms with van der Waals surface area (Å²) in [5.41, 5.74) is 8.08. The number of rotatable bonds is 3. The van der Waals surface area contributed by atoms with E-state index in [2.05, 4.69) is 20.8 Å². The van der Waals surface area contributed by atoms with E-state index >= 15 is 0 Å². The van der Waals surface area contributed by atoms with E-state index in [0.717, 1.165) is 12.0 Å². The van der Waals surface area contributed by atoms with Crippen LogP contribution in [0.2, 0.25) is 0 Å². The molecule has 0 heterocycles. The van der Waals surface area contributed by atoms with Gasteiger partial charge in [-0.05, 0) is 24.0 Å². The lowest BCUT2D eigenvalue weighted by molar-refractivity contribution is 0.439. The monoisotopic (exact) mass is 193 g/mol. The number of hydrogen-bond donors (Lipinski definition) is 2. The number of aromatic hydroxyl groups is 1. The maximum atomic E-state index is 9.67. The highest BCUT2D eigenvalue weighted by Crippen LogP contribution is 2.28. The fourth-order valence-corrected chi connectivity index (χ4v) is 1.45. The SMILES string of the molecule is CCc1ccc(O)c(C(N)C(C)C)c1. The third kappa shape index (κ3) is 2.26. The van der Waals surface area contributed by atoms with Gasteiger partial charge in [0.25, 0.3) is 0 Å². The van der Waals surface area contributed by atoms with Crippen molar-refractivity contribution in [2.75, 3.05) is 0 Å². The first-order valence-electron chi connectivity index (χ1n) is 5.13. The zero-order valence-corrected chi connectivity index (χ0v) is 9.12. The van der Waals surface area contributed by atoms with Gasteiger partial charge in [0.1, 0.15) is 5.75 Å². The van der Waals surface area contributed by atoms with Gasteiger partial charge in [0.15, 0.2) is 0 Å². The molecular formula is C12H19NO. The van der Waals surface area contributed by atoms with Crippen LogP contribution in [-0.4, -0.2) is 5.11 Å². The van der Waals surface area contributed by atoms with Gasteiger partial charge >= 0.3 is 0 Å². The number of phenolic OH excluding ortho intramolecular Hbond substituents is 1. The summed E-state index contributed by atoms with van der Waals surface area (Å²) in [6, 6.07) is 5.59. The molecule has 1 aromatic carbocycles. The molecule has 0 fully saturated rings. The highest BCUT2D eigenvalue weighted by Gasteiger charge is 2.14. The van der Waals surface area contributed by atoms with Crippen LogP contribution in [0, 0.1) is 5.92 Å². The lowest BCUT2D eigenvalue weighted by atomic mass is 9.94. The molecule has 1 atom stereocenters. The molecule has 0 saturated heterocycles. The van der Waals surface area contributed by atoms with Crippen LogP contribution in [0.1, 0.15) is 37.9 Å². The summed E-state index contributed by atoms with van der Waals surface area (Å²) in [4.78, 5) is 0. The van der Waals surface area contributed by atoms with Crippen molar-refractivity contribution in [2.24, 2.45) is 11.7 Å². The maximum Gasteiger partial charge on any atom is 0.120 e. The second-order valence-electron chi connectivity index (χ2n) is 4.02. The summed E-state index contributed by atoms with van der Waals surface area (Å²) in [5, 5.41) is 9.67. The molecule has 0 amide bonds. The van der Waals surface area contributed by atoms with E-state index < -0.39 is 0 Å². The zero-order valence-electron chi connectivity index (χ0n) is 9.12. The minimum Gasteiger partial charge on any atom is -0.508 e. The van der Waals surface area contributed by atoms with Crippen LogP contribution in [0.25, 0.3) is 0 Å². The summed E-state index contributed by atoms with van der Waals surface area (Å²) in [5.74, 6) is 0.649. The molecule has 0 aliphatic rings. The topological polar surface area (TPSA) is 46.2 Å². The molecule has 0 bridgehead atoms. The number of nitrogens with two attached hydrogens (primary N) is 1. The smallest absolute Gasteiger partial charge is 0.120 e. The molecule has 14 heavy (non-hydrogen) atoms. The van der Waals surface area contributed by atoms with Gasteiger partial charge in [0.2, 0.25) is 0 Å². The third-order valence-electron chi connectivity index (χ3n) is 2.58. The third-order valence-corrected chi connectivity index (χ3v) is 2.58. The summed E-state index contributed by atoms with van der Waals surface area (Å²) >= 11 is 0. The molecule has 0 aromatic heterocycles. The molecule has 2 nitrogen and oxygen atoms in total. The van der Waals surface area contributed by atoms with E-state index in [1.165, 1.54) is 5.56 Å². The average molecular weight is 193 g/mol. The summed E-state index contributed by atoms with van der Waals surface area (Å²) < 4.78 is 0. The van der Waals surface area contributed by atoms with Crippen LogP contribution in [-0.2, 0) is 6.42 Å². The molecule has 2 heteroatoms. The molecule has 78 valence electrons. The second kappa shape index (κ2) is 4.47. The van der Waals surface area contributed by atoms with Crippen molar-refractivity contribution in [3.05, 3.63) is 29.3 Å². The Morgan fingerprint density at radius 3 is 2.50 bits per heavy atom. The molecular weight excluding hydrogens is 174 g/mol. The normalized spacial score (nSPS) is 13.2. The first-order chi connectivity index (χ1) is 6.56. The quantitative estimate of drug-likeness (QED) is 0.775. The van der Waals surface area contributed by atoms with Gasteiger partial charge in [-0.15, -0.1) is 0 Å². The van der Waals surface area contributed by atoms with Gasteiger partial charge in [-0.3, -0.25) is 0 Å². The van der Waals surface area contributed by atoms with Crippen molar-refractivity contribution in [1.29, 1.82) is 0 Å². The zero-order chi connectivity index (χ0) is 10.7. The Kier molecular flexibility index (Phi) is 3.53. The van der Waals surface area contributed by atoms with Crippen LogP contribution < -0.4 is 5.73 Å². The molecule has 0 spiro atoms. The Morgan fingerprint density at radius 1 is 1.36 bits per heavy atom. The molecule has 0 radical (unpaired) electrons. The van der Waals surface area contributed by atoms with E-state index in [0.29, 0.717) is 11.7 Å².